The van der Waals surface area contributed by atoms with Crippen molar-refractivity contribution in [3.63, 3.8) is 0 Å². The second kappa shape index (κ2) is 10.3. The molecule has 1 aromatic carbocycles. The van der Waals surface area contributed by atoms with E-state index in [1.165, 1.54) is 13.2 Å². The van der Waals surface area contributed by atoms with Gasteiger partial charge in [-0.3, -0.25) is 9.69 Å². The van der Waals surface area contributed by atoms with Gasteiger partial charge in [-0.25, -0.2) is 4.79 Å². The third-order valence-corrected chi connectivity index (χ3v) is 6.23. The maximum absolute atomic E-state index is 12.7. The van der Waals surface area contributed by atoms with E-state index in [9.17, 15) is 9.59 Å². The molecule has 1 aromatic rings. The maximum atomic E-state index is 12.7. The molecule has 2 amide bonds. The van der Waals surface area contributed by atoms with Crippen molar-refractivity contribution in [3.05, 3.63) is 28.8 Å². The zero-order valence-corrected chi connectivity index (χ0v) is 19.4. The van der Waals surface area contributed by atoms with Crippen molar-refractivity contribution in [1.29, 1.82) is 0 Å². The lowest BCUT2D eigenvalue weighted by Gasteiger charge is -2.37. The summed E-state index contributed by atoms with van der Waals surface area (Å²) in [6, 6.07) is 3.79. The third kappa shape index (κ3) is 5.26. The largest absolute Gasteiger partial charge is 0.493 e. The topological polar surface area (TPSA) is 68.3 Å². The van der Waals surface area contributed by atoms with Crippen molar-refractivity contribution in [2.45, 2.75) is 45.2 Å². The molecule has 2 saturated heterocycles. The number of benzene rings is 1. The standard InChI is InChI=1S/C23H31ClN2O5/c1-15(2)13-18-14-31-23(28)26(18)17-9-11-25(12-10-17)20(27)8-6-16-5-7-19(29-3)22(30-4)21(16)24/h5-8,15,17-18H,9-14H2,1-4H3. The van der Waals surface area contributed by atoms with Crippen molar-refractivity contribution in [2.24, 2.45) is 5.92 Å². The van der Waals surface area contributed by atoms with Crippen molar-refractivity contribution >= 4 is 29.7 Å². The van der Waals surface area contributed by atoms with E-state index in [0.717, 1.165) is 19.3 Å². The third-order valence-electron chi connectivity index (χ3n) is 5.84. The number of cyclic esters (lactones) is 1. The Balaban J connectivity index is 1.60. The molecule has 31 heavy (non-hydrogen) atoms. The van der Waals surface area contributed by atoms with Gasteiger partial charge < -0.3 is 19.1 Å². The van der Waals surface area contributed by atoms with Gasteiger partial charge in [0.25, 0.3) is 0 Å². The van der Waals surface area contributed by atoms with Crippen molar-refractivity contribution in [2.75, 3.05) is 33.9 Å². The Labute approximate surface area is 188 Å². The van der Waals surface area contributed by atoms with Gasteiger partial charge in [0.1, 0.15) is 6.61 Å². The van der Waals surface area contributed by atoms with Gasteiger partial charge in [-0.05, 0) is 49.0 Å². The summed E-state index contributed by atoms with van der Waals surface area (Å²) in [5.74, 6) is 1.39. The molecular formula is C23H31ClN2O5. The molecular weight excluding hydrogens is 420 g/mol. The molecule has 8 heteroatoms. The van der Waals surface area contributed by atoms with Crippen LogP contribution in [0.15, 0.2) is 18.2 Å². The second-order valence-electron chi connectivity index (χ2n) is 8.36. The zero-order chi connectivity index (χ0) is 22.5. The summed E-state index contributed by atoms with van der Waals surface area (Å²) in [7, 11) is 3.07. The van der Waals surface area contributed by atoms with Crippen molar-refractivity contribution in [3.8, 4) is 11.5 Å². The molecule has 2 heterocycles. The Hall–Kier alpha value is -2.41. The summed E-state index contributed by atoms with van der Waals surface area (Å²) in [5.41, 5.74) is 0.680. The lowest BCUT2D eigenvalue weighted by Crippen LogP contribution is -2.49. The predicted octanol–water partition coefficient (Wildman–Crippen LogP) is 4.23. The minimum atomic E-state index is -0.224. The number of rotatable bonds is 7. The first-order chi connectivity index (χ1) is 14.8. The maximum Gasteiger partial charge on any atom is 0.410 e. The van der Waals surface area contributed by atoms with Crippen LogP contribution in [0.1, 0.15) is 38.7 Å². The SMILES string of the molecule is COc1ccc(C=CC(=O)N2CCC(N3C(=O)OCC3CC(C)C)CC2)c(Cl)c1OC. The predicted molar refractivity (Wildman–Crippen MR) is 120 cm³/mol. The van der Waals surface area contributed by atoms with Crippen LogP contribution in [-0.2, 0) is 9.53 Å². The molecule has 3 rings (SSSR count). The molecule has 170 valence electrons. The highest BCUT2D eigenvalue weighted by atomic mass is 35.5. The second-order valence-corrected chi connectivity index (χ2v) is 8.74. The first kappa shape index (κ1) is 23.3. The average molecular weight is 451 g/mol. The van der Waals surface area contributed by atoms with Crippen LogP contribution in [0.3, 0.4) is 0 Å². The van der Waals surface area contributed by atoms with Crippen molar-refractivity contribution in [1.82, 2.24) is 9.80 Å². The lowest BCUT2D eigenvalue weighted by molar-refractivity contribution is -0.127. The fourth-order valence-corrected chi connectivity index (χ4v) is 4.60. The van der Waals surface area contributed by atoms with E-state index in [1.54, 1.807) is 30.2 Å². The highest BCUT2D eigenvalue weighted by Gasteiger charge is 2.39. The number of nitrogens with zero attached hydrogens (tertiary/aromatic N) is 2. The smallest absolute Gasteiger partial charge is 0.410 e. The fraction of sp³-hybridized carbons (Fsp3) is 0.565. The molecule has 1 unspecified atom stereocenters. The van der Waals surface area contributed by atoms with E-state index < -0.39 is 0 Å². The Morgan fingerprint density at radius 1 is 1.26 bits per heavy atom. The molecule has 0 N–H and O–H groups in total. The Kier molecular flexibility index (Phi) is 7.70. The van der Waals surface area contributed by atoms with Crippen LogP contribution in [0.5, 0.6) is 11.5 Å². The molecule has 2 aliphatic heterocycles. The summed E-state index contributed by atoms with van der Waals surface area (Å²) >= 11 is 6.39. The van der Waals surface area contributed by atoms with E-state index in [2.05, 4.69) is 13.8 Å². The van der Waals surface area contributed by atoms with Crippen LogP contribution >= 0.6 is 11.6 Å². The van der Waals surface area contributed by atoms with Crippen molar-refractivity contribution < 1.29 is 23.8 Å². The summed E-state index contributed by atoms with van der Waals surface area (Å²) < 4.78 is 15.8. The monoisotopic (exact) mass is 450 g/mol. The molecule has 0 spiro atoms. The summed E-state index contributed by atoms with van der Waals surface area (Å²) in [4.78, 5) is 28.7. The van der Waals surface area contributed by atoms with Gasteiger partial charge >= 0.3 is 6.09 Å². The molecule has 0 aromatic heterocycles. The van der Waals surface area contributed by atoms with E-state index in [4.69, 9.17) is 25.8 Å². The Bertz CT molecular complexity index is 834. The number of halogens is 1. The number of carbonyl (C=O) groups is 2. The quantitative estimate of drug-likeness (QED) is 0.581. The summed E-state index contributed by atoms with van der Waals surface area (Å²) in [6.45, 7) is 5.97. The number of carbonyl (C=O) groups excluding carboxylic acids is 2. The zero-order valence-electron chi connectivity index (χ0n) is 18.6. The number of methoxy groups -OCH3 is 2. The van der Waals surface area contributed by atoms with Gasteiger partial charge in [0.2, 0.25) is 5.91 Å². The van der Waals surface area contributed by atoms with Gasteiger partial charge in [0.15, 0.2) is 11.5 Å². The average Bonchev–Trinajstić information content (AvgIpc) is 3.11. The van der Waals surface area contributed by atoms with Crippen LogP contribution in [-0.4, -0.2) is 67.8 Å². The molecule has 0 aliphatic carbocycles. The van der Waals surface area contributed by atoms with E-state index in [-0.39, 0.29) is 24.1 Å². The molecule has 2 fully saturated rings. The highest BCUT2D eigenvalue weighted by Crippen LogP contribution is 2.37. The van der Waals surface area contributed by atoms with Gasteiger partial charge in [0, 0.05) is 25.2 Å². The van der Waals surface area contributed by atoms with Crippen LogP contribution in [0.2, 0.25) is 5.02 Å². The van der Waals surface area contributed by atoms with Gasteiger partial charge in [0.05, 0.1) is 25.3 Å². The molecule has 7 nitrogen and oxygen atoms in total. The number of hydrogen-bond donors (Lipinski definition) is 0. The fourth-order valence-electron chi connectivity index (χ4n) is 4.31. The number of hydrogen-bond acceptors (Lipinski definition) is 5. The Morgan fingerprint density at radius 3 is 2.58 bits per heavy atom. The first-order valence-corrected chi connectivity index (χ1v) is 11.1. The van der Waals surface area contributed by atoms with Crippen LogP contribution in [0.25, 0.3) is 6.08 Å². The normalized spacial score (nSPS) is 19.9. The number of ether oxygens (including phenoxy) is 3. The molecule has 2 aliphatic rings. The Morgan fingerprint density at radius 2 is 1.97 bits per heavy atom. The van der Waals surface area contributed by atoms with E-state index in [1.807, 2.05) is 4.90 Å². The van der Waals surface area contributed by atoms with E-state index in [0.29, 0.717) is 47.7 Å². The summed E-state index contributed by atoms with van der Waals surface area (Å²) in [5, 5.41) is 0.397. The van der Waals surface area contributed by atoms with Crippen LogP contribution in [0.4, 0.5) is 4.79 Å². The minimum Gasteiger partial charge on any atom is -0.493 e. The highest BCUT2D eigenvalue weighted by molar-refractivity contribution is 6.33. The number of piperidine rings is 1. The lowest BCUT2D eigenvalue weighted by atomic mass is 9.98. The molecule has 0 saturated carbocycles. The van der Waals surface area contributed by atoms with Gasteiger partial charge in [-0.2, -0.15) is 0 Å². The first-order valence-electron chi connectivity index (χ1n) is 10.7. The molecule has 0 bridgehead atoms. The summed E-state index contributed by atoms with van der Waals surface area (Å²) in [6.07, 6.45) is 5.42. The van der Waals surface area contributed by atoms with E-state index >= 15 is 0 Å². The molecule has 0 radical (unpaired) electrons. The number of likely N-dealkylation sites (tertiary alicyclic amines) is 1. The van der Waals surface area contributed by atoms with Gasteiger partial charge in [-0.1, -0.05) is 25.4 Å². The minimum absolute atomic E-state index is 0.0768. The van der Waals surface area contributed by atoms with Gasteiger partial charge in [-0.15, -0.1) is 0 Å². The number of amides is 2. The molecule has 1 atom stereocenters. The van der Waals surface area contributed by atoms with Crippen LogP contribution < -0.4 is 9.47 Å². The van der Waals surface area contributed by atoms with Crippen LogP contribution in [0, 0.1) is 5.92 Å².